The van der Waals surface area contributed by atoms with E-state index in [-0.39, 0.29) is 24.8 Å². The number of para-hydroxylation sites is 1. The number of hydrogen-bond donors (Lipinski definition) is 0. The first-order chi connectivity index (χ1) is 14.5. The molecule has 2 aromatic carbocycles. The molecule has 0 bridgehead atoms. The fraction of sp³-hybridized carbons (Fsp3) is 0.136. The smallest absolute Gasteiger partial charge is 0.267 e. The molecule has 152 valence electrons. The van der Waals surface area contributed by atoms with Crippen LogP contribution in [0.3, 0.4) is 0 Å². The van der Waals surface area contributed by atoms with Crippen molar-refractivity contribution in [2.45, 2.75) is 13.5 Å². The van der Waals surface area contributed by atoms with Crippen LogP contribution in [0.4, 0.5) is 9.52 Å². The number of rotatable bonds is 6. The Kier molecular flexibility index (Phi) is 5.92. The van der Waals surface area contributed by atoms with Gasteiger partial charge in [-0.05, 0) is 48.9 Å². The average Bonchev–Trinajstić information content (AvgIpc) is 3.19. The second kappa shape index (κ2) is 8.77. The van der Waals surface area contributed by atoms with Gasteiger partial charge in [0.1, 0.15) is 0 Å². The summed E-state index contributed by atoms with van der Waals surface area (Å²) in [7, 11) is 0. The van der Waals surface area contributed by atoms with E-state index in [0.717, 1.165) is 15.8 Å². The Morgan fingerprint density at radius 3 is 2.73 bits per heavy atom. The number of thiazole rings is 1. The maximum atomic E-state index is 13.9. The fourth-order valence-corrected chi connectivity index (χ4v) is 4.09. The fourth-order valence-electron chi connectivity index (χ4n) is 2.90. The van der Waals surface area contributed by atoms with Gasteiger partial charge in [-0.3, -0.25) is 14.7 Å². The summed E-state index contributed by atoms with van der Waals surface area (Å²) in [5.41, 5.74) is 2.30. The number of benzene rings is 2. The lowest BCUT2D eigenvalue weighted by Crippen LogP contribution is -2.34. The molecular weight excluding hydrogens is 425 g/mol. The zero-order chi connectivity index (χ0) is 21.1. The van der Waals surface area contributed by atoms with Gasteiger partial charge in [-0.1, -0.05) is 41.1 Å². The van der Waals surface area contributed by atoms with Crippen molar-refractivity contribution in [2.75, 3.05) is 11.5 Å². The molecule has 0 saturated heterocycles. The van der Waals surface area contributed by atoms with Gasteiger partial charge in [0, 0.05) is 11.2 Å². The third-order valence-corrected chi connectivity index (χ3v) is 5.96. The number of aryl methyl sites for hydroxylation is 1. The quantitative estimate of drug-likeness (QED) is 0.401. The summed E-state index contributed by atoms with van der Waals surface area (Å²) in [6.45, 7) is 1.77. The van der Waals surface area contributed by atoms with Crippen LogP contribution in [0.1, 0.15) is 11.3 Å². The van der Waals surface area contributed by atoms with Gasteiger partial charge in [0.15, 0.2) is 23.3 Å². The normalized spacial score (nSPS) is 10.9. The first-order valence-electron chi connectivity index (χ1n) is 9.16. The molecule has 0 fully saturated rings. The summed E-state index contributed by atoms with van der Waals surface area (Å²) in [6.07, 6.45) is 1.66. The highest BCUT2D eigenvalue weighted by Crippen LogP contribution is 2.34. The molecule has 0 saturated carbocycles. The van der Waals surface area contributed by atoms with Gasteiger partial charge < -0.3 is 4.74 Å². The van der Waals surface area contributed by atoms with Gasteiger partial charge in [-0.2, -0.15) is 0 Å². The molecule has 8 heteroatoms. The highest BCUT2D eigenvalue weighted by atomic mass is 35.5. The molecule has 0 aliphatic heterocycles. The van der Waals surface area contributed by atoms with Gasteiger partial charge in [0.25, 0.3) is 5.91 Å². The van der Waals surface area contributed by atoms with E-state index in [2.05, 4.69) is 9.97 Å². The highest BCUT2D eigenvalue weighted by Gasteiger charge is 2.22. The predicted molar refractivity (Wildman–Crippen MR) is 117 cm³/mol. The molecule has 4 rings (SSSR count). The predicted octanol–water partition coefficient (Wildman–Crippen LogP) is 5.40. The number of amides is 1. The van der Waals surface area contributed by atoms with E-state index >= 15 is 0 Å². The summed E-state index contributed by atoms with van der Waals surface area (Å²) in [5.74, 6) is -0.853. The van der Waals surface area contributed by atoms with Crippen molar-refractivity contribution in [1.82, 2.24) is 9.97 Å². The molecule has 0 radical (unpaired) electrons. The molecule has 2 aromatic heterocycles. The van der Waals surface area contributed by atoms with Gasteiger partial charge in [0.05, 0.1) is 22.5 Å². The summed E-state index contributed by atoms with van der Waals surface area (Å²) < 4.78 is 20.2. The maximum absolute atomic E-state index is 13.9. The van der Waals surface area contributed by atoms with Gasteiger partial charge in [-0.25, -0.2) is 9.37 Å². The monoisotopic (exact) mass is 441 g/mol. The first kappa shape index (κ1) is 20.3. The van der Waals surface area contributed by atoms with Crippen LogP contribution in [0.2, 0.25) is 5.02 Å². The van der Waals surface area contributed by atoms with Gasteiger partial charge in [0.2, 0.25) is 0 Å². The third-order valence-electron chi connectivity index (χ3n) is 4.50. The van der Waals surface area contributed by atoms with Crippen molar-refractivity contribution in [3.8, 4) is 5.75 Å². The summed E-state index contributed by atoms with van der Waals surface area (Å²) in [5, 5.41) is 1.12. The van der Waals surface area contributed by atoms with E-state index in [0.29, 0.717) is 15.8 Å². The molecule has 0 aliphatic rings. The number of hydrogen-bond acceptors (Lipinski definition) is 5. The van der Waals surface area contributed by atoms with Gasteiger partial charge >= 0.3 is 0 Å². The summed E-state index contributed by atoms with van der Waals surface area (Å²) in [6, 6.07) is 15.1. The molecule has 0 aliphatic carbocycles. The van der Waals surface area contributed by atoms with Crippen LogP contribution in [0.15, 0.2) is 60.8 Å². The van der Waals surface area contributed by atoms with E-state index in [1.54, 1.807) is 24.4 Å². The van der Waals surface area contributed by atoms with Crippen LogP contribution in [-0.2, 0) is 11.3 Å². The lowest BCUT2D eigenvalue weighted by atomic mass is 10.2. The van der Waals surface area contributed by atoms with Crippen LogP contribution >= 0.6 is 22.9 Å². The molecule has 4 aromatic rings. The topological polar surface area (TPSA) is 55.3 Å². The van der Waals surface area contributed by atoms with Crippen molar-refractivity contribution in [1.29, 1.82) is 0 Å². The Balaban J connectivity index is 1.65. The molecule has 0 spiro atoms. The van der Waals surface area contributed by atoms with Crippen LogP contribution in [0.25, 0.3) is 10.2 Å². The number of carbonyl (C=O) groups is 1. The molecule has 0 atom stereocenters. The van der Waals surface area contributed by atoms with Crippen LogP contribution in [0, 0.1) is 12.7 Å². The number of nitrogens with zero attached hydrogens (tertiary/aromatic N) is 3. The Hall–Kier alpha value is -3.03. The number of fused-ring (bicyclic) bond motifs is 1. The number of halogens is 2. The standard InChI is InChI=1S/C22H17ClFN3O2S/c1-14-16(23)9-10-19-21(14)26-22(30-19)27(12-15-6-4-5-11-25-15)20(28)13-29-18-8-3-2-7-17(18)24/h2-11H,12-13H2,1H3. The number of ether oxygens (including phenoxy) is 1. The van der Waals surface area contributed by atoms with Crippen LogP contribution in [0.5, 0.6) is 5.75 Å². The zero-order valence-corrected chi connectivity index (χ0v) is 17.6. The largest absolute Gasteiger partial charge is 0.481 e. The highest BCUT2D eigenvalue weighted by molar-refractivity contribution is 7.22. The van der Waals surface area contributed by atoms with Crippen molar-refractivity contribution >= 4 is 44.2 Å². The Morgan fingerprint density at radius 1 is 1.17 bits per heavy atom. The number of carbonyl (C=O) groups excluding carboxylic acids is 1. The number of aromatic nitrogens is 2. The molecule has 0 N–H and O–H groups in total. The second-order valence-electron chi connectivity index (χ2n) is 6.54. The lowest BCUT2D eigenvalue weighted by Gasteiger charge is -2.19. The lowest BCUT2D eigenvalue weighted by molar-refractivity contribution is -0.120. The molecule has 5 nitrogen and oxygen atoms in total. The molecule has 1 amide bonds. The van der Waals surface area contributed by atoms with Gasteiger partial charge in [-0.15, -0.1) is 0 Å². The van der Waals surface area contributed by atoms with Crippen molar-refractivity contribution in [2.24, 2.45) is 0 Å². The third kappa shape index (κ3) is 4.27. The minimum atomic E-state index is -0.521. The Labute approximate surface area is 181 Å². The van der Waals surface area contributed by atoms with Crippen molar-refractivity contribution in [3.63, 3.8) is 0 Å². The van der Waals surface area contributed by atoms with Crippen molar-refractivity contribution in [3.05, 3.63) is 82.9 Å². The van der Waals surface area contributed by atoms with E-state index in [1.807, 2.05) is 31.2 Å². The van der Waals surface area contributed by atoms with E-state index in [1.165, 1.54) is 28.4 Å². The van der Waals surface area contributed by atoms with Crippen molar-refractivity contribution < 1.29 is 13.9 Å². The minimum absolute atomic E-state index is 0.0237. The molecule has 30 heavy (non-hydrogen) atoms. The second-order valence-corrected chi connectivity index (χ2v) is 7.95. The SMILES string of the molecule is Cc1c(Cl)ccc2sc(N(Cc3ccccn3)C(=O)COc3ccccc3F)nc12. The maximum Gasteiger partial charge on any atom is 0.267 e. The Morgan fingerprint density at radius 2 is 1.97 bits per heavy atom. The van der Waals surface area contributed by atoms with E-state index in [9.17, 15) is 9.18 Å². The average molecular weight is 442 g/mol. The van der Waals surface area contributed by atoms with Crippen LogP contribution < -0.4 is 9.64 Å². The van der Waals surface area contributed by atoms with E-state index < -0.39 is 5.82 Å². The number of anilines is 1. The first-order valence-corrected chi connectivity index (χ1v) is 10.4. The molecular formula is C22H17ClFN3O2S. The van der Waals surface area contributed by atoms with Crippen LogP contribution in [-0.4, -0.2) is 22.5 Å². The minimum Gasteiger partial charge on any atom is -0.481 e. The summed E-state index contributed by atoms with van der Waals surface area (Å²) >= 11 is 7.60. The molecule has 0 unspecified atom stereocenters. The van der Waals surface area contributed by atoms with E-state index in [4.69, 9.17) is 16.3 Å². The summed E-state index contributed by atoms with van der Waals surface area (Å²) in [4.78, 5) is 23.5. The molecule has 2 heterocycles. The zero-order valence-electron chi connectivity index (χ0n) is 16.0. The Bertz CT molecular complexity index is 1200. The number of pyridine rings is 1.